The predicted molar refractivity (Wildman–Crippen MR) is 25.4 cm³/mol. The van der Waals surface area contributed by atoms with E-state index in [0.29, 0.717) is 6.61 Å². The molecule has 2 heteroatoms. The van der Waals surface area contributed by atoms with Gasteiger partial charge in [0.1, 0.15) is 5.76 Å². The average Bonchev–Trinajstić information content (AvgIpc) is 1.69. The van der Waals surface area contributed by atoms with Crippen LogP contribution in [-0.4, -0.2) is 6.61 Å². The van der Waals surface area contributed by atoms with Crippen LogP contribution in [0.25, 0.3) is 0 Å². The fourth-order valence-electron chi connectivity index (χ4n) is 0.495. The van der Waals surface area contributed by atoms with Crippen LogP contribution in [0.2, 0.25) is 0 Å². The topological polar surface area (TPSA) is 18.5 Å². The van der Waals surface area contributed by atoms with Gasteiger partial charge in [0, 0.05) is 6.42 Å². The van der Waals surface area contributed by atoms with E-state index in [-0.39, 0.29) is 0 Å². The van der Waals surface area contributed by atoms with Crippen molar-refractivity contribution in [3.8, 4) is 0 Å². The highest BCUT2D eigenvalue weighted by molar-refractivity contribution is 4.81. The lowest BCUT2D eigenvalue weighted by atomic mass is 10.3. The van der Waals surface area contributed by atoms with Crippen LogP contribution in [0.5, 0.6) is 0 Å². The summed E-state index contributed by atoms with van der Waals surface area (Å²) in [5.41, 5.74) is 0. The van der Waals surface area contributed by atoms with E-state index in [4.69, 9.17) is 0 Å². The monoisotopic (exact) mass is 100 g/mol. The lowest BCUT2D eigenvalue weighted by molar-refractivity contribution is -0.278. The van der Waals surface area contributed by atoms with Crippen molar-refractivity contribution >= 4 is 0 Å². The molecule has 40 valence electrons. The van der Waals surface area contributed by atoms with E-state index in [1.165, 1.54) is 0 Å². The highest BCUT2D eigenvalue weighted by Gasteiger charge is 2.02. The van der Waals surface area contributed by atoms with E-state index in [1.54, 1.807) is 0 Å². The van der Waals surface area contributed by atoms with Crippen LogP contribution in [-0.2, 0) is 9.78 Å². The number of hydrogen-bond acceptors (Lipinski definition) is 2. The second-order valence-electron chi connectivity index (χ2n) is 1.55. The summed E-state index contributed by atoms with van der Waals surface area (Å²) < 4.78 is 0. The van der Waals surface area contributed by atoms with Gasteiger partial charge in [0.15, 0.2) is 0 Å². The van der Waals surface area contributed by atoms with Crippen LogP contribution < -0.4 is 0 Å². The highest BCUT2D eigenvalue weighted by atomic mass is 17.2. The molecule has 0 aromatic rings. The molecule has 0 radical (unpaired) electrons. The first-order chi connectivity index (χ1) is 3.39. The van der Waals surface area contributed by atoms with Gasteiger partial charge in [-0.15, -0.1) is 0 Å². The van der Waals surface area contributed by atoms with Gasteiger partial charge in [0.25, 0.3) is 0 Å². The van der Waals surface area contributed by atoms with Crippen LogP contribution in [0.4, 0.5) is 0 Å². The third-order valence-corrected chi connectivity index (χ3v) is 0.860. The average molecular weight is 100 g/mol. The molecule has 0 saturated carbocycles. The van der Waals surface area contributed by atoms with Gasteiger partial charge in [-0.3, -0.25) is 0 Å². The second kappa shape index (κ2) is 1.98. The van der Waals surface area contributed by atoms with Crippen molar-refractivity contribution in [2.24, 2.45) is 0 Å². The zero-order valence-electron chi connectivity index (χ0n) is 4.14. The quantitative estimate of drug-likeness (QED) is 0.426. The Balaban J connectivity index is 2.25. The van der Waals surface area contributed by atoms with Crippen molar-refractivity contribution in [2.45, 2.75) is 12.8 Å². The largest absolute Gasteiger partial charge is 0.343 e. The van der Waals surface area contributed by atoms with Gasteiger partial charge in [-0.1, -0.05) is 6.58 Å². The molecule has 0 amide bonds. The van der Waals surface area contributed by atoms with E-state index in [9.17, 15) is 0 Å². The van der Waals surface area contributed by atoms with Crippen molar-refractivity contribution in [3.63, 3.8) is 0 Å². The smallest absolute Gasteiger partial charge is 0.135 e. The minimum atomic E-state index is 0.707. The molecule has 0 bridgehead atoms. The lowest BCUT2D eigenvalue weighted by Crippen LogP contribution is -2.03. The van der Waals surface area contributed by atoms with Crippen LogP contribution >= 0.6 is 0 Å². The van der Waals surface area contributed by atoms with Gasteiger partial charge in [0.05, 0.1) is 6.61 Å². The first kappa shape index (κ1) is 4.65. The Morgan fingerprint density at radius 1 is 1.57 bits per heavy atom. The molecule has 1 fully saturated rings. The van der Waals surface area contributed by atoms with Crippen molar-refractivity contribution in [3.05, 3.63) is 12.3 Å². The zero-order chi connectivity index (χ0) is 5.11. The van der Waals surface area contributed by atoms with Crippen LogP contribution in [0, 0.1) is 0 Å². The molecule has 0 aliphatic carbocycles. The standard InChI is InChI=1S/C5H8O2/c1-5-3-2-4-6-7-5/h1-4H2. The summed E-state index contributed by atoms with van der Waals surface area (Å²) in [5.74, 6) is 0.742. The maximum Gasteiger partial charge on any atom is 0.135 e. The first-order valence-corrected chi connectivity index (χ1v) is 2.37. The fourth-order valence-corrected chi connectivity index (χ4v) is 0.495. The molecule has 1 rings (SSSR count). The Hall–Kier alpha value is -0.500. The second-order valence-corrected chi connectivity index (χ2v) is 1.55. The van der Waals surface area contributed by atoms with Crippen molar-refractivity contribution in [1.82, 2.24) is 0 Å². The van der Waals surface area contributed by atoms with Gasteiger partial charge < -0.3 is 4.89 Å². The van der Waals surface area contributed by atoms with Gasteiger partial charge in [0.2, 0.25) is 0 Å². The summed E-state index contributed by atoms with van der Waals surface area (Å²) in [6.45, 7) is 4.27. The van der Waals surface area contributed by atoms with E-state index >= 15 is 0 Å². The maximum absolute atomic E-state index is 4.58. The summed E-state index contributed by atoms with van der Waals surface area (Å²) >= 11 is 0. The predicted octanol–water partition coefficient (Wildman–Crippen LogP) is 1.24. The SMILES string of the molecule is C=C1CCCOO1. The molecule has 1 aliphatic rings. The Morgan fingerprint density at radius 3 is 2.71 bits per heavy atom. The fraction of sp³-hybridized carbons (Fsp3) is 0.600. The summed E-state index contributed by atoms with van der Waals surface area (Å²) in [6.07, 6.45) is 1.98. The van der Waals surface area contributed by atoms with Gasteiger partial charge in [-0.2, -0.15) is 4.89 Å². The van der Waals surface area contributed by atoms with Crippen molar-refractivity contribution in [1.29, 1.82) is 0 Å². The van der Waals surface area contributed by atoms with Crippen molar-refractivity contribution in [2.75, 3.05) is 6.61 Å². The third kappa shape index (κ3) is 1.20. The zero-order valence-corrected chi connectivity index (χ0v) is 4.14. The van der Waals surface area contributed by atoms with E-state index in [2.05, 4.69) is 16.4 Å². The van der Waals surface area contributed by atoms with Crippen LogP contribution in [0.15, 0.2) is 12.3 Å². The molecule has 0 atom stereocenters. The molecule has 7 heavy (non-hydrogen) atoms. The number of hydrogen-bond donors (Lipinski definition) is 0. The Labute approximate surface area is 42.7 Å². The highest BCUT2D eigenvalue weighted by Crippen LogP contribution is 2.10. The summed E-state index contributed by atoms with van der Waals surface area (Å²) in [5, 5.41) is 0. The Bertz CT molecular complexity index is 70.1. The molecule has 1 aliphatic heterocycles. The van der Waals surface area contributed by atoms with Gasteiger partial charge in [-0.05, 0) is 6.42 Å². The minimum absolute atomic E-state index is 0.707. The third-order valence-electron chi connectivity index (χ3n) is 0.860. The minimum Gasteiger partial charge on any atom is -0.343 e. The molecule has 0 aromatic carbocycles. The molecule has 1 saturated heterocycles. The van der Waals surface area contributed by atoms with Crippen LogP contribution in [0.3, 0.4) is 0 Å². The van der Waals surface area contributed by atoms with E-state index in [1.807, 2.05) is 0 Å². The molecule has 0 N–H and O–H groups in total. The summed E-state index contributed by atoms with van der Waals surface area (Å²) in [6, 6.07) is 0. The van der Waals surface area contributed by atoms with E-state index in [0.717, 1.165) is 18.6 Å². The molecular formula is C5H8O2. The summed E-state index contributed by atoms with van der Waals surface area (Å²) in [4.78, 5) is 9.17. The molecule has 2 nitrogen and oxygen atoms in total. The number of allylic oxidation sites excluding steroid dienone is 1. The summed E-state index contributed by atoms with van der Waals surface area (Å²) in [7, 11) is 0. The molecule has 0 unspecified atom stereocenters. The first-order valence-electron chi connectivity index (χ1n) is 2.37. The Morgan fingerprint density at radius 2 is 2.43 bits per heavy atom. The van der Waals surface area contributed by atoms with Crippen molar-refractivity contribution < 1.29 is 9.78 Å². The Kier molecular flexibility index (Phi) is 1.32. The molecule has 0 spiro atoms. The molecule has 1 heterocycles. The number of rotatable bonds is 0. The van der Waals surface area contributed by atoms with Gasteiger partial charge >= 0.3 is 0 Å². The molecular weight excluding hydrogens is 92.1 g/mol. The molecule has 0 aromatic heterocycles. The van der Waals surface area contributed by atoms with Gasteiger partial charge in [-0.25, -0.2) is 0 Å². The van der Waals surface area contributed by atoms with Crippen LogP contribution in [0.1, 0.15) is 12.8 Å². The maximum atomic E-state index is 4.58. The van der Waals surface area contributed by atoms with E-state index < -0.39 is 0 Å². The lowest BCUT2D eigenvalue weighted by Gasteiger charge is -2.11. The normalized spacial score (nSPS) is 21.4.